The molecule has 0 spiro atoms. The molecule has 8 nitrogen and oxygen atoms in total. The Hall–Kier alpha value is -3.82. The number of benzene rings is 2. The Bertz CT molecular complexity index is 1660. The van der Waals surface area contributed by atoms with Crippen molar-refractivity contribution >= 4 is 21.1 Å². The van der Waals surface area contributed by atoms with E-state index in [1.54, 1.807) is 22.6 Å². The fourth-order valence-electron chi connectivity index (χ4n) is 5.02. The molecule has 36 heavy (non-hydrogen) atoms. The van der Waals surface area contributed by atoms with E-state index < -0.39 is 10.0 Å². The van der Waals surface area contributed by atoms with Gasteiger partial charge >= 0.3 is 0 Å². The number of aromatic nitrogens is 5. The van der Waals surface area contributed by atoms with Crippen molar-refractivity contribution in [2.75, 3.05) is 6.54 Å². The van der Waals surface area contributed by atoms with Crippen LogP contribution in [0.1, 0.15) is 36.1 Å². The SMILES string of the molecule is CCC(c1cccc(S(=O)(=O)N2CCc3ccccc3C2)c1)n1cc(-c2ncnc3[nH]ccc23)cn1. The summed E-state index contributed by atoms with van der Waals surface area (Å²) in [5.41, 5.74) is 5.66. The van der Waals surface area contributed by atoms with Crippen LogP contribution in [0, 0.1) is 0 Å². The first-order valence-electron chi connectivity index (χ1n) is 12.0. The van der Waals surface area contributed by atoms with E-state index in [2.05, 4.69) is 33.0 Å². The van der Waals surface area contributed by atoms with Crippen LogP contribution in [0.3, 0.4) is 0 Å². The molecule has 0 amide bonds. The minimum absolute atomic E-state index is 0.112. The van der Waals surface area contributed by atoms with E-state index >= 15 is 0 Å². The van der Waals surface area contributed by atoms with E-state index in [9.17, 15) is 8.42 Å². The highest BCUT2D eigenvalue weighted by Crippen LogP contribution is 2.30. The summed E-state index contributed by atoms with van der Waals surface area (Å²) in [4.78, 5) is 12.2. The zero-order valence-corrected chi connectivity index (χ0v) is 20.7. The van der Waals surface area contributed by atoms with Crippen LogP contribution < -0.4 is 0 Å². The highest BCUT2D eigenvalue weighted by molar-refractivity contribution is 7.89. The second kappa shape index (κ2) is 9.00. The number of hydrogen-bond donors (Lipinski definition) is 1. The van der Waals surface area contributed by atoms with Crippen LogP contribution in [-0.2, 0) is 23.0 Å². The predicted molar refractivity (Wildman–Crippen MR) is 138 cm³/mol. The standard InChI is InChI=1S/C27H26N6O2S/c1-2-25(33-17-22(15-31-33)26-24-10-12-28-27(24)30-18-29-26)20-8-5-9-23(14-20)36(34,35)32-13-11-19-6-3-4-7-21(19)16-32/h3-10,12,14-15,17-18,25H,2,11,13,16H2,1H3,(H,28,29,30). The zero-order chi connectivity index (χ0) is 24.7. The lowest BCUT2D eigenvalue weighted by molar-refractivity contribution is 0.391. The molecule has 1 unspecified atom stereocenters. The molecule has 3 aromatic heterocycles. The van der Waals surface area contributed by atoms with Gasteiger partial charge in [0.05, 0.1) is 22.8 Å². The predicted octanol–water partition coefficient (Wildman–Crippen LogP) is 4.57. The Labute approximate surface area is 209 Å². The quantitative estimate of drug-likeness (QED) is 0.370. The fraction of sp³-hybridized carbons (Fsp3) is 0.222. The minimum atomic E-state index is -3.62. The third-order valence-corrected chi connectivity index (χ3v) is 8.75. The maximum absolute atomic E-state index is 13.6. The van der Waals surface area contributed by atoms with Crippen molar-refractivity contribution in [3.05, 3.63) is 96.2 Å². The van der Waals surface area contributed by atoms with Gasteiger partial charge in [0.25, 0.3) is 0 Å². The largest absolute Gasteiger partial charge is 0.346 e. The first-order chi connectivity index (χ1) is 17.5. The molecule has 5 aromatic rings. The van der Waals surface area contributed by atoms with Gasteiger partial charge in [-0.2, -0.15) is 9.40 Å². The van der Waals surface area contributed by atoms with E-state index in [-0.39, 0.29) is 6.04 Å². The lowest BCUT2D eigenvalue weighted by Crippen LogP contribution is -2.36. The summed E-state index contributed by atoms with van der Waals surface area (Å²) in [5, 5.41) is 5.56. The molecule has 1 N–H and O–H groups in total. The normalized spacial score (nSPS) is 15.1. The second-order valence-corrected chi connectivity index (χ2v) is 11.0. The van der Waals surface area contributed by atoms with E-state index in [1.807, 2.05) is 53.5 Å². The van der Waals surface area contributed by atoms with Crippen LogP contribution >= 0.6 is 0 Å². The van der Waals surface area contributed by atoms with Crippen LogP contribution in [-0.4, -0.2) is 44.0 Å². The molecular formula is C27H26N6O2S. The summed E-state index contributed by atoms with van der Waals surface area (Å²) in [7, 11) is -3.62. The molecule has 182 valence electrons. The highest BCUT2D eigenvalue weighted by Gasteiger charge is 2.29. The topological polar surface area (TPSA) is 96.8 Å². The number of H-pyrrole nitrogens is 1. The molecule has 2 aromatic carbocycles. The van der Waals surface area contributed by atoms with E-state index in [0.29, 0.717) is 18.0 Å². The minimum Gasteiger partial charge on any atom is -0.346 e. The molecule has 0 fully saturated rings. The van der Waals surface area contributed by atoms with Gasteiger partial charge in [-0.25, -0.2) is 18.4 Å². The smallest absolute Gasteiger partial charge is 0.243 e. The third-order valence-electron chi connectivity index (χ3n) is 6.91. The molecule has 0 saturated heterocycles. The Morgan fingerprint density at radius 3 is 2.78 bits per heavy atom. The first-order valence-corrected chi connectivity index (χ1v) is 13.5. The Balaban J connectivity index is 1.30. The Morgan fingerprint density at radius 2 is 1.92 bits per heavy atom. The third kappa shape index (κ3) is 3.90. The molecule has 0 aliphatic carbocycles. The number of nitrogens with one attached hydrogen (secondary N) is 1. The molecule has 0 bridgehead atoms. The fourth-order valence-corrected chi connectivity index (χ4v) is 6.49. The van der Waals surface area contributed by atoms with Gasteiger partial charge in [0.15, 0.2) is 0 Å². The van der Waals surface area contributed by atoms with Gasteiger partial charge in [0.2, 0.25) is 10.0 Å². The van der Waals surface area contributed by atoms with Crippen LogP contribution in [0.25, 0.3) is 22.3 Å². The molecule has 1 aliphatic heterocycles. The van der Waals surface area contributed by atoms with Crippen molar-refractivity contribution in [1.29, 1.82) is 0 Å². The molecule has 0 radical (unpaired) electrons. The summed E-state index contributed by atoms with van der Waals surface area (Å²) in [5.74, 6) is 0. The van der Waals surface area contributed by atoms with E-state index in [0.717, 1.165) is 46.3 Å². The average Bonchev–Trinajstić information content (AvgIpc) is 3.59. The number of fused-ring (bicyclic) bond motifs is 2. The number of aromatic amines is 1. The van der Waals surface area contributed by atoms with Gasteiger partial charge in [-0.3, -0.25) is 4.68 Å². The second-order valence-electron chi connectivity index (χ2n) is 9.03. The number of nitrogens with zero attached hydrogens (tertiary/aromatic N) is 5. The summed E-state index contributed by atoms with van der Waals surface area (Å²) in [6.45, 7) is 2.95. The summed E-state index contributed by atoms with van der Waals surface area (Å²) in [6, 6.07) is 17.2. The molecule has 0 saturated carbocycles. The maximum Gasteiger partial charge on any atom is 0.243 e. The summed E-state index contributed by atoms with van der Waals surface area (Å²) < 4.78 is 30.6. The van der Waals surface area contributed by atoms with Gasteiger partial charge in [-0.15, -0.1) is 0 Å². The van der Waals surface area contributed by atoms with Gasteiger partial charge in [0, 0.05) is 36.4 Å². The summed E-state index contributed by atoms with van der Waals surface area (Å²) >= 11 is 0. The highest BCUT2D eigenvalue weighted by atomic mass is 32.2. The van der Waals surface area contributed by atoms with Crippen molar-refractivity contribution in [3.63, 3.8) is 0 Å². The average molecular weight is 499 g/mol. The van der Waals surface area contributed by atoms with Crippen LogP contribution in [0.5, 0.6) is 0 Å². The van der Waals surface area contributed by atoms with Crippen LogP contribution in [0.2, 0.25) is 0 Å². The van der Waals surface area contributed by atoms with Crippen LogP contribution in [0.15, 0.2) is 84.4 Å². The number of rotatable bonds is 6. The van der Waals surface area contributed by atoms with Crippen molar-refractivity contribution < 1.29 is 8.42 Å². The van der Waals surface area contributed by atoms with Gasteiger partial charge in [-0.1, -0.05) is 43.3 Å². The van der Waals surface area contributed by atoms with Crippen molar-refractivity contribution in [2.24, 2.45) is 0 Å². The van der Waals surface area contributed by atoms with E-state index in [1.165, 1.54) is 11.9 Å². The van der Waals surface area contributed by atoms with Crippen molar-refractivity contribution in [2.45, 2.75) is 37.2 Å². The zero-order valence-electron chi connectivity index (χ0n) is 19.9. The van der Waals surface area contributed by atoms with Gasteiger partial charge in [-0.05, 0) is 47.7 Å². The lowest BCUT2D eigenvalue weighted by Gasteiger charge is -2.28. The molecule has 4 heterocycles. The monoisotopic (exact) mass is 498 g/mol. The van der Waals surface area contributed by atoms with Gasteiger partial charge in [0.1, 0.15) is 12.0 Å². The molecular weight excluding hydrogens is 472 g/mol. The van der Waals surface area contributed by atoms with Crippen molar-refractivity contribution in [1.82, 2.24) is 29.0 Å². The maximum atomic E-state index is 13.6. The Morgan fingerprint density at radius 1 is 1.06 bits per heavy atom. The molecule has 9 heteroatoms. The lowest BCUT2D eigenvalue weighted by atomic mass is 10.0. The molecule has 6 rings (SSSR count). The number of hydrogen-bond acceptors (Lipinski definition) is 5. The molecule has 1 aliphatic rings. The van der Waals surface area contributed by atoms with Crippen LogP contribution in [0.4, 0.5) is 0 Å². The van der Waals surface area contributed by atoms with E-state index in [4.69, 9.17) is 0 Å². The molecule has 1 atom stereocenters. The first kappa shape index (κ1) is 22.6. The van der Waals surface area contributed by atoms with Crippen molar-refractivity contribution in [3.8, 4) is 11.3 Å². The summed E-state index contributed by atoms with van der Waals surface area (Å²) in [6.07, 6.45) is 8.62. The number of sulfonamides is 1. The Kier molecular flexibility index (Phi) is 5.66. The van der Waals surface area contributed by atoms with Gasteiger partial charge < -0.3 is 4.98 Å².